The second kappa shape index (κ2) is 4.14. The van der Waals surface area contributed by atoms with Crippen LogP contribution in [0.3, 0.4) is 0 Å². The highest BCUT2D eigenvalue weighted by molar-refractivity contribution is 5.32. The third kappa shape index (κ3) is 1.98. The summed E-state index contributed by atoms with van der Waals surface area (Å²) in [5.41, 5.74) is 4.34. The zero-order valence-electron chi connectivity index (χ0n) is 9.14. The van der Waals surface area contributed by atoms with Crippen LogP contribution in [0.15, 0.2) is 18.2 Å². The molecule has 76 valence electrons. The van der Waals surface area contributed by atoms with E-state index < -0.39 is 0 Å². The maximum Gasteiger partial charge on any atom is 0.00201 e. The third-order valence-electron chi connectivity index (χ3n) is 3.30. The number of piperidine rings is 1. The zero-order valence-corrected chi connectivity index (χ0v) is 9.14. The molecule has 1 aliphatic heterocycles. The highest BCUT2D eigenvalue weighted by Crippen LogP contribution is 2.24. The van der Waals surface area contributed by atoms with Gasteiger partial charge in [-0.3, -0.25) is 0 Å². The second-order valence-electron chi connectivity index (χ2n) is 4.39. The van der Waals surface area contributed by atoms with Crippen molar-refractivity contribution in [1.29, 1.82) is 0 Å². The standard InChI is InChI=1S/C13H19N/c1-10-5-6-12(8-11(10)2)13-4-3-7-14-9-13/h5-6,8,13-14H,3-4,7,9H2,1-2H3/t13-/m1/s1. The van der Waals surface area contributed by atoms with Crippen LogP contribution in [-0.4, -0.2) is 13.1 Å². The summed E-state index contributed by atoms with van der Waals surface area (Å²) in [5.74, 6) is 0.739. The van der Waals surface area contributed by atoms with Gasteiger partial charge in [0.2, 0.25) is 0 Å². The molecular formula is C13H19N. The molecule has 1 aliphatic rings. The van der Waals surface area contributed by atoms with E-state index >= 15 is 0 Å². The average molecular weight is 189 g/mol. The topological polar surface area (TPSA) is 12.0 Å². The SMILES string of the molecule is Cc1ccc([C@@H]2CCCNC2)cc1C. The number of benzene rings is 1. The minimum atomic E-state index is 0.739. The highest BCUT2D eigenvalue weighted by Gasteiger charge is 2.14. The second-order valence-corrected chi connectivity index (χ2v) is 4.39. The first-order valence-electron chi connectivity index (χ1n) is 5.55. The van der Waals surface area contributed by atoms with Crippen molar-refractivity contribution in [1.82, 2.24) is 5.32 Å². The molecule has 0 radical (unpaired) electrons. The Labute approximate surface area is 86.5 Å². The minimum Gasteiger partial charge on any atom is -0.316 e. The first-order chi connectivity index (χ1) is 6.77. The Bertz CT molecular complexity index is 311. The van der Waals surface area contributed by atoms with Crippen LogP contribution in [0, 0.1) is 13.8 Å². The molecule has 1 heterocycles. The molecule has 1 saturated heterocycles. The monoisotopic (exact) mass is 189 g/mol. The van der Waals surface area contributed by atoms with Gasteiger partial charge in [0.1, 0.15) is 0 Å². The fourth-order valence-corrected chi connectivity index (χ4v) is 2.15. The molecule has 0 amide bonds. The molecule has 1 fully saturated rings. The lowest BCUT2D eigenvalue weighted by atomic mass is 9.90. The van der Waals surface area contributed by atoms with Gasteiger partial charge in [-0.15, -0.1) is 0 Å². The first-order valence-corrected chi connectivity index (χ1v) is 5.55. The molecule has 0 bridgehead atoms. The average Bonchev–Trinajstić information content (AvgIpc) is 2.23. The molecule has 0 saturated carbocycles. The number of hydrogen-bond donors (Lipinski definition) is 1. The molecule has 1 aromatic carbocycles. The Hall–Kier alpha value is -0.820. The van der Waals surface area contributed by atoms with Crippen molar-refractivity contribution in [2.45, 2.75) is 32.6 Å². The largest absolute Gasteiger partial charge is 0.316 e. The van der Waals surface area contributed by atoms with E-state index in [9.17, 15) is 0 Å². The Kier molecular flexibility index (Phi) is 2.87. The predicted molar refractivity (Wildman–Crippen MR) is 60.8 cm³/mol. The van der Waals surface area contributed by atoms with E-state index in [4.69, 9.17) is 0 Å². The van der Waals surface area contributed by atoms with Gasteiger partial charge in [-0.2, -0.15) is 0 Å². The molecule has 0 aromatic heterocycles. The number of nitrogens with one attached hydrogen (secondary N) is 1. The predicted octanol–water partition coefficient (Wildman–Crippen LogP) is 2.77. The van der Waals surface area contributed by atoms with E-state index in [1.807, 2.05) is 0 Å². The lowest BCUT2D eigenvalue weighted by molar-refractivity contribution is 0.461. The molecule has 1 N–H and O–H groups in total. The normalized spacial score (nSPS) is 22.3. The summed E-state index contributed by atoms with van der Waals surface area (Å²) in [5, 5.41) is 3.47. The molecule has 0 aliphatic carbocycles. The molecule has 0 spiro atoms. The minimum absolute atomic E-state index is 0.739. The summed E-state index contributed by atoms with van der Waals surface area (Å²) in [6, 6.07) is 6.90. The maximum absolute atomic E-state index is 3.47. The first kappa shape index (κ1) is 9.72. The zero-order chi connectivity index (χ0) is 9.97. The van der Waals surface area contributed by atoms with Crippen LogP contribution in [0.4, 0.5) is 0 Å². The molecule has 1 aromatic rings. The summed E-state index contributed by atoms with van der Waals surface area (Å²) in [6.07, 6.45) is 2.66. The van der Waals surface area contributed by atoms with Crippen molar-refractivity contribution >= 4 is 0 Å². The molecule has 1 heteroatoms. The Morgan fingerprint density at radius 1 is 1.21 bits per heavy atom. The maximum atomic E-state index is 3.47. The fraction of sp³-hybridized carbons (Fsp3) is 0.538. The van der Waals surface area contributed by atoms with Gasteiger partial charge in [-0.05, 0) is 55.8 Å². The molecule has 1 atom stereocenters. The van der Waals surface area contributed by atoms with Gasteiger partial charge >= 0.3 is 0 Å². The molecule has 14 heavy (non-hydrogen) atoms. The van der Waals surface area contributed by atoms with E-state index in [2.05, 4.69) is 37.4 Å². The smallest absolute Gasteiger partial charge is 0.00201 e. The van der Waals surface area contributed by atoms with E-state index in [0.717, 1.165) is 12.5 Å². The third-order valence-corrected chi connectivity index (χ3v) is 3.30. The number of rotatable bonds is 1. The van der Waals surface area contributed by atoms with Crippen LogP contribution >= 0.6 is 0 Å². The summed E-state index contributed by atoms with van der Waals surface area (Å²) >= 11 is 0. The summed E-state index contributed by atoms with van der Waals surface area (Å²) in [7, 11) is 0. The van der Waals surface area contributed by atoms with Gasteiger partial charge in [0.25, 0.3) is 0 Å². The van der Waals surface area contributed by atoms with Crippen molar-refractivity contribution in [3.63, 3.8) is 0 Å². The van der Waals surface area contributed by atoms with E-state index in [0.29, 0.717) is 0 Å². The van der Waals surface area contributed by atoms with Crippen molar-refractivity contribution in [2.24, 2.45) is 0 Å². The van der Waals surface area contributed by atoms with E-state index in [1.165, 1.54) is 36.1 Å². The van der Waals surface area contributed by atoms with Crippen LogP contribution < -0.4 is 5.32 Å². The number of aryl methyl sites for hydroxylation is 2. The summed E-state index contributed by atoms with van der Waals surface area (Å²) < 4.78 is 0. The molecular weight excluding hydrogens is 170 g/mol. The van der Waals surface area contributed by atoms with Crippen LogP contribution in [0.25, 0.3) is 0 Å². The summed E-state index contributed by atoms with van der Waals surface area (Å²) in [6.45, 7) is 6.73. The molecule has 2 rings (SSSR count). The fourth-order valence-electron chi connectivity index (χ4n) is 2.15. The van der Waals surface area contributed by atoms with Gasteiger partial charge in [-0.1, -0.05) is 18.2 Å². The van der Waals surface area contributed by atoms with Crippen LogP contribution in [-0.2, 0) is 0 Å². The molecule has 0 unspecified atom stereocenters. The van der Waals surface area contributed by atoms with Crippen molar-refractivity contribution in [2.75, 3.05) is 13.1 Å². The van der Waals surface area contributed by atoms with Crippen molar-refractivity contribution in [3.05, 3.63) is 34.9 Å². The number of hydrogen-bond acceptors (Lipinski definition) is 1. The van der Waals surface area contributed by atoms with Crippen molar-refractivity contribution in [3.8, 4) is 0 Å². The van der Waals surface area contributed by atoms with Gasteiger partial charge in [0.05, 0.1) is 0 Å². The lowest BCUT2D eigenvalue weighted by Gasteiger charge is -2.23. The summed E-state index contributed by atoms with van der Waals surface area (Å²) in [4.78, 5) is 0. The Morgan fingerprint density at radius 2 is 2.07 bits per heavy atom. The Morgan fingerprint density at radius 3 is 2.71 bits per heavy atom. The molecule has 1 nitrogen and oxygen atoms in total. The lowest BCUT2D eigenvalue weighted by Crippen LogP contribution is -2.28. The van der Waals surface area contributed by atoms with E-state index in [-0.39, 0.29) is 0 Å². The van der Waals surface area contributed by atoms with Crippen LogP contribution in [0.2, 0.25) is 0 Å². The Balaban J connectivity index is 2.18. The van der Waals surface area contributed by atoms with Crippen LogP contribution in [0.5, 0.6) is 0 Å². The van der Waals surface area contributed by atoms with Gasteiger partial charge in [-0.25, -0.2) is 0 Å². The van der Waals surface area contributed by atoms with Gasteiger partial charge in [0.15, 0.2) is 0 Å². The van der Waals surface area contributed by atoms with Crippen LogP contribution in [0.1, 0.15) is 35.4 Å². The van der Waals surface area contributed by atoms with Gasteiger partial charge in [0, 0.05) is 6.54 Å². The van der Waals surface area contributed by atoms with Crippen molar-refractivity contribution < 1.29 is 0 Å². The van der Waals surface area contributed by atoms with E-state index in [1.54, 1.807) is 0 Å². The highest BCUT2D eigenvalue weighted by atomic mass is 14.9. The quantitative estimate of drug-likeness (QED) is 0.716. The van der Waals surface area contributed by atoms with Gasteiger partial charge < -0.3 is 5.32 Å².